The Kier molecular flexibility index (Phi) is 5.27. The van der Waals surface area contributed by atoms with Crippen LogP contribution in [-0.2, 0) is 18.1 Å². The average molecular weight is 448 g/mol. The molecule has 0 aliphatic heterocycles. The van der Waals surface area contributed by atoms with Gasteiger partial charge in [0, 0.05) is 18.7 Å². The number of alkyl halides is 3. The molecule has 12 heteroatoms. The number of oxime groups is 1. The molecular formula is C18H14ClF4N3O4. The summed E-state index contributed by atoms with van der Waals surface area (Å²) in [7, 11) is 2.12. The second-order valence-electron chi connectivity index (χ2n) is 6.33. The van der Waals surface area contributed by atoms with Crippen LogP contribution in [0.3, 0.4) is 0 Å². The third-order valence-electron chi connectivity index (χ3n) is 4.44. The lowest BCUT2D eigenvalue weighted by Gasteiger charge is -2.14. The van der Waals surface area contributed by atoms with E-state index >= 15 is 0 Å². The van der Waals surface area contributed by atoms with Gasteiger partial charge in [-0.3, -0.25) is 9.36 Å². The van der Waals surface area contributed by atoms with Gasteiger partial charge in [0.25, 0.3) is 5.56 Å². The second kappa shape index (κ2) is 7.31. The van der Waals surface area contributed by atoms with Crippen LogP contribution in [-0.4, -0.2) is 22.0 Å². The highest BCUT2D eigenvalue weighted by Crippen LogP contribution is 2.37. The Morgan fingerprint density at radius 1 is 1.27 bits per heavy atom. The molecule has 0 unspecified atom stereocenters. The van der Waals surface area contributed by atoms with Gasteiger partial charge < -0.3 is 9.25 Å². The van der Waals surface area contributed by atoms with E-state index in [0.29, 0.717) is 11.3 Å². The highest BCUT2D eigenvalue weighted by atomic mass is 35.5. The van der Waals surface area contributed by atoms with Gasteiger partial charge in [-0.15, -0.1) is 0 Å². The van der Waals surface area contributed by atoms with E-state index in [2.05, 4.69) is 5.16 Å². The fourth-order valence-electron chi connectivity index (χ4n) is 3.23. The Balaban J connectivity index is 2.49. The Morgan fingerprint density at radius 2 is 1.90 bits per heavy atom. The number of aryl methyl sites for hydroxylation is 1. The summed E-state index contributed by atoms with van der Waals surface area (Å²) in [4.78, 5) is 29.8. The van der Waals surface area contributed by atoms with Crippen molar-refractivity contribution in [3.05, 3.63) is 60.8 Å². The number of hydrogen-bond acceptors (Lipinski definition) is 5. The van der Waals surface area contributed by atoms with E-state index in [-0.39, 0.29) is 37.0 Å². The van der Waals surface area contributed by atoms with Crippen LogP contribution in [0.25, 0.3) is 16.7 Å². The molecule has 0 saturated heterocycles. The average Bonchev–Trinajstić information content (AvgIpc) is 2.97. The normalized spacial score (nSPS) is 12.6. The van der Waals surface area contributed by atoms with Crippen molar-refractivity contribution in [3.63, 3.8) is 0 Å². The molecule has 0 bridgehead atoms. The quantitative estimate of drug-likeness (QED) is 0.348. The number of furan rings is 1. The van der Waals surface area contributed by atoms with Crippen LogP contribution in [0.15, 0.2) is 31.3 Å². The zero-order valence-corrected chi connectivity index (χ0v) is 16.8. The van der Waals surface area contributed by atoms with Gasteiger partial charge >= 0.3 is 11.9 Å². The van der Waals surface area contributed by atoms with Gasteiger partial charge in [-0.2, -0.15) is 13.2 Å². The highest BCUT2D eigenvalue weighted by molar-refractivity contribution is 6.37. The first-order valence-electron chi connectivity index (χ1n) is 8.30. The molecule has 0 amide bonds. The Hall–Kier alpha value is -3.08. The molecule has 0 N–H and O–H groups in total. The maximum atomic E-state index is 14.9. The van der Waals surface area contributed by atoms with Gasteiger partial charge in [0.2, 0.25) is 0 Å². The lowest BCUT2D eigenvalue weighted by molar-refractivity contribution is -0.144. The van der Waals surface area contributed by atoms with Crippen molar-refractivity contribution in [2.24, 2.45) is 12.2 Å². The summed E-state index contributed by atoms with van der Waals surface area (Å²) >= 11 is 6.17. The minimum absolute atomic E-state index is 0.111. The molecule has 7 nitrogen and oxygen atoms in total. The molecule has 1 aromatic carbocycles. The first kappa shape index (κ1) is 21.6. The zero-order chi connectivity index (χ0) is 22.5. The lowest BCUT2D eigenvalue weighted by Crippen LogP contribution is -2.41. The smallest absolute Gasteiger partial charge is 0.431 e. The largest absolute Gasteiger partial charge is 0.458 e. The number of rotatable bonds is 3. The molecular weight excluding hydrogens is 434 g/mol. The molecule has 0 aliphatic carbocycles. The number of halogens is 5. The monoisotopic (exact) mass is 447 g/mol. The molecule has 0 aliphatic rings. The number of nitrogens with zero attached hydrogens (tertiary/aromatic N) is 3. The number of benzene rings is 1. The predicted octanol–water partition coefficient (Wildman–Crippen LogP) is 3.77. The number of fused-ring (bicyclic) bond motifs is 1. The van der Waals surface area contributed by atoms with Crippen LogP contribution in [0.2, 0.25) is 5.02 Å². The molecule has 3 rings (SSSR count). The van der Waals surface area contributed by atoms with E-state index in [1.807, 2.05) is 0 Å². The molecule has 0 atom stereocenters. The lowest BCUT2D eigenvalue weighted by atomic mass is 10.1. The maximum Gasteiger partial charge on any atom is 0.431 e. The molecule has 160 valence electrons. The van der Waals surface area contributed by atoms with Crippen molar-refractivity contribution in [1.82, 2.24) is 9.13 Å². The minimum atomic E-state index is -4.96. The van der Waals surface area contributed by atoms with Crippen LogP contribution in [0.4, 0.5) is 17.6 Å². The Morgan fingerprint density at radius 3 is 2.47 bits per heavy atom. The third-order valence-corrected chi connectivity index (χ3v) is 4.74. The van der Waals surface area contributed by atoms with Crippen molar-refractivity contribution in [2.75, 3.05) is 7.11 Å². The van der Waals surface area contributed by atoms with Gasteiger partial charge in [-0.25, -0.2) is 13.8 Å². The van der Waals surface area contributed by atoms with E-state index in [9.17, 15) is 27.2 Å². The van der Waals surface area contributed by atoms with E-state index < -0.39 is 34.6 Å². The fourth-order valence-corrected chi connectivity index (χ4v) is 3.51. The SMILES string of the molecule is CO/N=C(\C)c1c(C)oc2c(-n3c(=O)cc(C(F)(F)F)n(C)c3=O)c(F)cc(Cl)c12. The molecule has 2 aromatic heterocycles. The first-order chi connectivity index (χ1) is 13.9. The predicted molar refractivity (Wildman–Crippen MR) is 101 cm³/mol. The van der Waals surface area contributed by atoms with E-state index in [0.717, 1.165) is 13.1 Å². The summed E-state index contributed by atoms with van der Waals surface area (Å²) in [6, 6.07) is 1.04. The molecule has 30 heavy (non-hydrogen) atoms. The number of hydrogen-bond donors (Lipinski definition) is 0. The molecule has 2 heterocycles. The minimum Gasteiger partial charge on any atom is -0.458 e. The van der Waals surface area contributed by atoms with Crippen molar-refractivity contribution >= 4 is 28.3 Å². The van der Waals surface area contributed by atoms with Crippen molar-refractivity contribution in [2.45, 2.75) is 20.0 Å². The van der Waals surface area contributed by atoms with Crippen LogP contribution in [0.5, 0.6) is 0 Å². The fraction of sp³-hybridized carbons (Fsp3) is 0.278. The molecule has 0 saturated carbocycles. The molecule has 0 fully saturated rings. The number of aromatic nitrogens is 2. The van der Waals surface area contributed by atoms with E-state index in [4.69, 9.17) is 20.9 Å². The summed E-state index contributed by atoms with van der Waals surface area (Å²) in [5.74, 6) is -0.915. The highest BCUT2D eigenvalue weighted by Gasteiger charge is 2.36. The van der Waals surface area contributed by atoms with Gasteiger partial charge in [0.05, 0.1) is 16.1 Å². The van der Waals surface area contributed by atoms with Gasteiger partial charge in [-0.05, 0) is 19.9 Å². The molecule has 0 spiro atoms. The first-order valence-corrected chi connectivity index (χ1v) is 8.67. The molecule has 0 radical (unpaired) electrons. The summed E-state index contributed by atoms with van der Waals surface area (Å²) in [5.41, 5.74) is -4.58. The van der Waals surface area contributed by atoms with E-state index in [1.54, 1.807) is 6.92 Å². The van der Waals surface area contributed by atoms with E-state index in [1.165, 1.54) is 14.0 Å². The van der Waals surface area contributed by atoms with Crippen LogP contribution < -0.4 is 11.2 Å². The van der Waals surface area contributed by atoms with Crippen LogP contribution in [0.1, 0.15) is 23.9 Å². The topological polar surface area (TPSA) is 78.7 Å². The van der Waals surface area contributed by atoms with Gasteiger partial charge in [-0.1, -0.05) is 16.8 Å². The van der Waals surface area contributed by atoms with Crippen molar-refractivity contribution in [3.8, 4) is 5.69 Å². The van der Waals surface area contributed by atoms with Crippen LogP contribution in [0, 0.1) is 12.7 Å². The summed E-state index contributed by atoms with van der Waals surface area (Å²) in [6.45, 7) is 3.07. The standard InChI is InChI=1S/C18H14ClF4N3O4/c1-7(24-29-4)13-8(2)30-16-14(13)9(19)5-10(20)15(16)26-12(27)6-11(18(21,22)23)25(3)17(26)28/h5-6H,1-4H3/b24-7+. The zero-order valence-electron chi connectivity index (χ0n) is 16.0. The summed E-state index contributed by atoms with van der Waals surface area (Å²) in [6.07, 6.45) is -4.96. The van der Waals surface area contributed by atoms with Crippen molar-refractivity contribution < 1.29 is 26.8 Å². The van der Waals surface area contributed by atoms with Gasteiger partial charge in [0.15, 0.2) is 11.4 Å². The van der Waals surface area contributed by atoms with Gasteiger partial charge in [0.1, 0.15) is 24.3 Å². The third kappa shape index (κ3) is 3.28. The summed E-state index contributed by atoms with van der Waals surface area (Å²) < 4.78 is 60.2. The maximum absolute atomic E-state index is 14.9. The van der Waals surface area contributed by atoms with Crippen molar-refractivity contribution in [1.29, 1.82) is 0 Å². The Bertz CT molecular complexity index is 1320. The van der Waals surface area contributed by atoms with Crippen LogP contribution >= 0.6 is 11.6 Å². The summed E-state index contributed by atoms with van der Waals surface area (Å²) in [5, 5.41) is 3.79. The second-order valence-corrected chi connectivity index (χ2v) is 6.74. The Labute approximate surface area is 170 Å². The molecule has 3 aromatic rings.